The van der Waals surface area contributed by atoms with Crippen LogP contribution >= 0.6 is 0 Å². The molecule has 1 aliphatic carbocycles. The van der Waals surface area contributed by atoms with Gasteiger partial charge in [-0.1, -0.05) is 12.1 Å². The fraction of sp³-hybridized carbons (Fsp3) is 0.217. The summed E-state index contributed by atoms with van der Waals surface area (Å²) in [5.41, 5.74) is 2.87. The Hall–Kier alpha value is -3.66. The van der Waals surface area contributed by atoms with Crippen LogP contribution in [0.15, 0.2) is 76.0 Å². The average molecular weight is 433 g/mol. The highest BCUT2D eigenvalue weighted by Crippen LogP contribution is 2.42. The molecular weight excluding hydrogens is 412 g/mol. The maximum absolute atomic E-state index is 12.9. The molecule has 0 amide bonds. The predicted molar refractivity (Wildman–Crippen MR) is 121 cm³/mol. The molecule has 1 unspecified atom stereocenters. The molecule has 2 aromatic carbocycles. The predicted octanol–water partition coefficient (Wildman–Crippen LogP) is 3.29. The number of methoxy groups -OCH3 is 2. The van der Waals surface area contributed by atoms with E-state index in [1.807, 2.05) is 12.1 Å². The van der Waals surface area contributed by atoms with Crippen molar-refractivity contribution in [2.45, 2.75) is 6.04 Å². The Morgan fingerprint density at radius 3 is 2.62 bits per heavy atom. The molecule has 3 aliphatic rings. The first kappa shape index (κ1) is 20.3. The van der Waals surface area contributed by atoms with Crippen molar-refractivity contribution >= 4 is 22.9 Å². The maximum Gasteiger partial charge on any atom is 0.161 e. The molecule has 32 heavy (non-hydrogen) atoms. The number of amidine groups is 1. The van der Waals surface area contributed by atoms with Gasteiger partial charge in [-0.05, 0) is 42.5 Å². The van der Waals surface area contributed by atoms with E-state index in [-0.39, 0.29) is 0 Å². The van der Waals surface area contributed by atoms with Crippen molar-refractivity contribution in [1.82, 2.24) is 0 Å². The Kier molecular flexibility index (Phi) is 5.14. The van der Waals surface area contributed by atoms with Crippen molar-refractivity contribution in [2.24, 2.45) is 9.98 Å². The van der Waals surface area contributed by atoms with Gasteiger partial charge in [-0.3, -0.25) is 10.2 Å². The summed E-state index contributed by atoms with van der Waals surface area (Å²) in [6.45, 7) is 0.878. The summed E-state index contributed by atoms with van der Waals surface area (Å²) in [6.07, 6.45) is 3.41. The van der Waals surface area contributed by atoms with E-state index in [1.54, 1.807) is 56.7 Å². The zero-order valence-corrected chi connectivity index (χ0v) is 17.6. The summed E-state index contributed by atoms with van der Waals surface area (Å²) in [6, 6.07) is 11.9. The van der Waals surface area contributed by atoms with Gasteiger partial charge in [0.25, 0.3) is 0 Å². The second-order valence-corrected chi connectivity index (χ2v) is 7.32. The average Bonchev–Trinajstić information content (AvgIpc) is 3.25. The monoisotopic (exact) mass is 433 g/mol. The lowest BCUT2D eigenvalue weighted by atomic mass is 10.00. The molecule has 2 aliphatic heterocycles. The van der Waals surface area contributed by atoms with Crippen LogP contribution in [0.5, 0.6) is 11.5 Å². The van der Waals surface area contributed by atoms with Crippen molar-refractivity contribution in [3.05, 3.63) is 76.8 Å². The fourth-order valence-electron chi connectivity index (χ4n) is 3.82. The number of benzene rings is 2. The summed E-state index contributed by atoms with van der Waals surface area (Å²) in [4.78, 5) is 9.32. The largest absolute Gasteiger partial charge is 0.754 e. The van der Waals surface area contributed by atoms with Crippen LogP contribution in [-0.4, -0.2) is 50.2 Å². The van der Waals surface area contributed by atoms with E-state index in [2.05, 4.69) is 9.98 Å². The summed E-state index contributed by atoms with van der Waals surface area (Å²) in [5, 5.41) is 25.4. The van der Waals surface area contributed by atoms with Crippen LogP contribution in [0.4, 0.5) is 11.4 Å². The van der Waals surface area contributed by atoms with Crippen molar-refractivity contribution in [3.63, 3.8) is 0 Å². The Labute approximate surface area is 184 Å². The first-order chi connectivity index (χ1) is 15.6. The molecule has 5 rings (SSSR count). The van der Waals surface area contributed by atoms with Crippen LogP contribution < -0.4 is 19.6 Å². The Morgan fingerprint density at radius 2 is 1.84 bits per heavy atom. The van der Waals surface area contributed by atoms with Gasteiger partial charge in [0.1, 0.15) is 12.6 Å². The molecular formula is C23H21N4O5-. The lowest BCUT2D eigenvalue weighted by molar-refractivity contribution is 0.144. The zero-order valence-electron chi connectivity index (χ0n) is 17.6. The smallest absolute Gasteiger partial charge is 0.161 e. The highest BCUT2D eigenvalue weighted by atomic mass is 16.5. The third-order valence-electron chi connectivity index (χ3n) is 5.40. The van der Waals surface area contributed by atoms with Crippen molar-refractivity contribution in [2.75, 3.05) is 37.6 Å². The first-order valence-corrected chi connectivity index (χ1v) is 10.1. The van der Waals surface area contributed by atoms with E-state index < -0.39 is 6.04 Å². The number of anilines is 2. The van der Waals surface area contributed by atoms with Gasteiger partial charge in [-0.25, -0.2) is 10.1 Å². The van der Waals surface area contributed by atoms with Crippen molar-refractivity contribution in [1.29, 1.82) is 0 Å². The number of nitrogens with zero attached hydrogens (tertiary/aromatic N) is 4. The minimum Gasteiger partial charge on any atom is -0.754 e. The van der Waals surface area contributed by atoms with Crippen molar-refractivity contribution in [3.8, 4) is 11.5 Å². The number of fused-ring (bicyclic) bond motifs is 3. The van der Waals surface area contributed by atoms with Gasteiger partial charge in [0.2, 0.25) is 0 Å². The van der Waals surface area contributed by atoms with Gasteiger partial charge < -0.3 is 24.5 Å². The van der Waals surface area contributed by atoms with Gasteiger partial charge in [-0.2, -0.15) is 0 Å². The lowest BCUT2D eigenvalue weighted by Gasteiger charge is -2.44. The second kappa shape index (κ2) is 8.12. The summed E-state index contributed by atoms with van der Waals surface area (Å²) in [5.74, 6) is 1.67. The van der Waals surface area contributed by atoms with Gasteiger partial charge in [0.15, 0.2) is 17.3 Å². The second-order valence-electron chi connectivity index (χ2n) is 7.32. The molecule has 2 heterocycles. The number of aliphatic imine (C=N–C) groups is 2. The normalized spacial score (nSPS) is 18.7. The molecule has 0 spiro atoms. The molecule has 0 saturated carbocycles. The fourth-order valence-corrected chi connectivity index (χ4v) is 3.82. The number of ether oxygens (including phenoxy) is 3. The van der Waals surface area contributed by atoms with Crippen LogP contribution in [0.2, 0.25) is 0 Å². The van der Waals surface area contributed by atoms with Crippen LogP contribution in [0.25, 0.3) is 0 Å². The van der Waals surface area contributed by atoms with E-state index in [0.717, 1.165) is 15.7 Å². The highest BCUT2D eigenvalue weighted by Gasteiger charge is 2.33. The molecule has 0 fully saturated rings. The van der Waals surface area contributed by atoms with Gasteiger partial charge in [0, 0.05) is 12.7 Å². The number of para-hydroxylation sites is 2. The molecule has 0 bridgehead atoms. The van der Waals surface area contributed by atoms with E-state index >= 15 is 0 Å². The number of hydroxylamine groups is 2. The number of hydrogen-bond donors (Lipinski definition) is 1. The Balaban J connectivity index is 1.46. The van der Waals surface area contributed by atoms with Crippen LogP contribution in [-0.2, 0) is 4.74 Å². The van der Waals surface area contributed by atoms with Crippen LogP contribution in [0, 0.1) is 5.21 Å². The first-order valence-electron chi connectivity index (χ1n) is 10.1. The standard InChI is InChI=1S/C23H21N4O5/c1-30-9-10-32-21-8-7-14(11-22(21)31-2)23-24-15-12-19-20(13-16(15)25-23)27(29)18-6-4-3-5-17(18)26(19)28/h3-8,11-13,15,28H,9-10H2,1-2H3/q-1. The van der Waals surface area contributed by atoms with Gasteiger partial charge >= 0.3 is 0 Å². The minimum absolute atomic E-state index is 0.317. The topological polar surface area (TPSA) is 102 Å². The molecule has 9 heteroatoms. The van der Waals surface area contributed by atoms with Gasteiger partial charge in [-0.15, -0.1) is 0 Å². The summed E-state index contributed by atoms with van der Waals surface area (Å²) < 4.78 is 16.1. The third kappa shape index (κ3) is 3.32. The quantitative estimate of drug-likeness (QED) is 0.698. The third-order valence-corrected chi connectivity index (χ3v) is 5.40. The van der Waals surface area contributed by atoms with E-state index in [9.17, 15) is 10.4 Å². The van der Waals surface area contributed by atoms with Crippen molar-refractivity contribution < 1.29 is 19.4 Å². The molecule has 1 atom stereocenters. The van der Waals surface area contributed by atoms with Crippen LogP contribution in [0.1, 0.15) is 5.56 Å². The maximum atomic E-state index is 12.9. The Bertz CT molecular complexity index is 1190. The molecule has 0 aromatic heterocycles. The summed E-state index contributed by atoms with van der Waals surface area (Å²) in [7, 11) is 3.18. The molecule has 1 N–H and O–H groups in total. The molecule has 164 valence electrons. The SMILES string of the molecule is COCCOc1ccc(C2=NC3C=C4C(=CC3=N2)N([O-])c2ccccc2N4O)cc1OC. The zero-order chi connectivity index (χ0) is 22.2. The molecule has 2 aromatic rings. The Morgan fingerprint density at radius 1 is 1.03 bits per heavy atom. The van der Waals surface area contributed by atoms with Gasteiger partial charge in [0.05, 0.1) is 42.2 Å². The highest BCUT2D eigenvalue weighted by molar-refractivity contribution is 6.18. The molecule has 0 saturated heterocycles. The lowest BCUT2D eigenvalue weighted by Crippen LogP contribution is -2.36. The number of hydrogen-bond acceptors (Lipinski definition) is 9. The van der Waals surface area contributed by atoms with E-state index in [0.29, 0.717) is 59.0 Å². The summed E-state index contributed by atoms with van der Waals surface area (Å²) >= 11 is 0. The van der Waals surface area contributed by atoms with Crippen LogP contribution in [0.3, 0.4) is 0 Å². The van der Waals surface area contributed by atoms with E-state index in [4.69, 9.17) is 14.2 Å². The minimum atomic E-state index is -0.402. The molecule has 0 radical (unpaired) electrons. The van der Waals surface area contributed by atoms with E-state index in [1.165, 1.54) is 0 Å². The number of rotatable bonds is 6. The molecule has 9 nitrogen and oxygen atoms in total.